The van der Waals surface area contributed by atoms with Crippen molar-refractivity contribution in [2.45, 2.75) is 18.5 Å². The Hall–Kier alpha value is -3.74. The van der Waals surface area contributed by atoms with E-state index in [9.17, 15) is 9.59 Å². The lowest BCUT2D eigenvalue weighted by atomic mass is 9.88. The van der Waals surface area contributed by atoms with E-state index in [-0.39, 0.29) is 19.2 Å². The number of benzene rings is 2. The van der Waals surface area contributed by atoms with Gasteiger partial charge in [0.05, 0.1) is 18.6 Å². The number of likely N-dealkylation sites (N-methyl/N-ethyl adjacent to an activating group) is 1. The number of amides is 1. The Morgan fingerprint density at radius 3 is 2.87 bits per heavy atom. The highest BCUT2D eigenvalue weighted by molar-refractivity contribution is 5.89. The van der Waals surface area contributed by atoms with Gasteiger partial charge in [-0.05, 0) is 35.5 Å². The molecule has 3 aromatic rings. The smallest absolute Gasteiger partial charge is 0.243 e. The summed E-state index contributed by atoms with van der Waals surface area (Å²) in [7, 11) is 1.79. The van der Waals surface area contributed by atoms with Crippen LogP contribution in [0.1, 0.15) is 22.9 Å². The Balaban J connectivity index is 1.69. The molecular formula is C24H23N3O4. The normalized spacial score (nSPS) is 19.2. The number of fused-ring (bicyclic) bond motifs is 4. The van der Waals surface area contributed by atoms with Crippen LogP contribution in [0.2, 0.25) is 0 Å². The third kappa shape index (κ3) is 3.13. The summed E-state index contributed by atoms with van der Waals surface area (Å²) in [4.78, 5) is 32.5. The molecule has 0 spiro atoms. The van der Waals surface area contributed by atoms with Crippen molar-refractivity contribution in [2.75, 3.05) is 20.4 Å². The highest BCUT2D eigenvalue weighted by Crippen LogP contribution is 2.43. The number of ether oxygens (including phenoxy) is 2. The largest absolute Gasteiger partial charge is 0.454 e. The molecule has 0 radical (unpaired) electrons. The number of carbonyl (C=O) groups is 2. The third-order valence-electron chi connectivity index (χ3n) is 6.02. The lowest BCUT2D eigenvalue weighted by Crippen LogP contribution is -2.51. The van der Waals surface area contributed by atoms with Crippen molar-refractivity contribution >= 4 is 23.1 Å². The lowest BCUT2D eigenvalue weighted by molar-refractivity contribution is -0.139. The van der Waals surface area contributed by atoms with E-state index in [1.807, 2.05) is 42.5 Å². The van der Waals surface area contributed by atoms with Crippen LogP contribution in [-0.2, 0) is 16.0 Å². The molecule has 1 N–H and O–H groups in total. The maximum absolute atomic E-state index is 13.4. The first-order valence-electron chi connectivity index (χ1n) is 10.2. The first-order valence-corrected chi connectivity index (χ1v) is 10.2. The standard InChI is InChI=1S/C24H23N3O4/c1-3-26(2)12-22(29)27-16(13-28)11-18-17-6-4-5-7-19(17)25-23(18)24(27)15-8-9-20-21(10-15)31-14-30-20/h3-10,13,16,24-25H,1,11-12,14H2,2H3/t16-,24-/m1/s1. The van der Waals surface area contributed by atoms with Gasteiger partial charge in [0.15, 0.2) is 11.5 Å². The second-order valence-electron chi connectivity index (χ2n) is 7.88. The van der Waals surface area contributed by atoms with Crippen LogP contribution in [0, 0.1) is 0 Å². The van der Waals surface area contributed by atoms with Gasteiger partial charge in [-0.15, -0.1) is 0 Å². The molecule has 1 aromatic heterocycles. The monoisotopic (exact) mass is 417 g/mol. The molecule has 2 aromatic carbocycles. The summed E-state index contributed by atoms with van der Waals surface area (Å²) in [6, 6.07) is 12.7. The molecule has 1 amide bonds. The number of para-hydroxylation sites is 1. The number of aromatic nitrogens is 1. The maximum atomic E-state index is 13.4. The highest BCUT2D eigenvalue weighted by atomic mass is 16.7. The van der Waals surface area contributed by atoms with E-state index in [4.69, 9.17) is 9.47 Å². The average molecular weight is 417 g/mol. The zero-order valence-corrected chi connectivity index (χ0v) is 17.2. The van der Waals surface area contributed by atoms with Gasteiger partial charge in [-0.25, -0.2) is 0 Å². The fourth-order valence-corrected chi connectivity index (χ4v) is 4.52. The number of hydrogen-bond acceptors (Lipinski definition) is 5. The second kappa shape index (κ2) is 7.50. The zero-order valence-electron chi connectivity index (χ0n) is 17.2. The van der Waals surface area contributed by atoms with Gasteiger partial charge < -0.3 is 29.1 Å². The van der Waals surface area contributed by atoms with E-state index in [2.05, 4.69) is 11.6 Å². The molecule has 0 bridgehead atoms. The van der Waals surface area contributed by atoms with Crippen molar-refractivity contribution < 1.29 is 19.1 Å². The van der Waals surface area contributed by atoms with Gasteiger partial charge in [-0.2, -0.15) is 0 Å². The van der Waals surface area contributed by atoms with E-state index in [0.717, 1.165) is 34.0 Å². The summed E-state index contributed by atoms with van der Waals surface area (Å²) in [5.41, 5.74) is 3.84. The van der Waals surface area contributed by atoms with Gasteiger partial charge in [-0.1, -0.05) is 30.8 Å². The minimum absolute atomic E-state index is 0.129. The van der Waals surface area contributed by atoms with Crippen LogP contribution in [0.5, 0.6) is 11.5 Å². The quantitative estimate of drug-likeness (QED) is 0.646. The van der Waals surface area contributed by atoms with Gasteiger partial charge in [-0.3, -0.25) is 4.79 Å². The topological polar surface area (TPSA) is 74.9 Å². The molecule has 5 rings (SSSR count). The van der Waals surface area contributed by atoms with Crippen molar-refractivity contribution in [3.63, 3.8) is 0 Å². The molecule has 0 aliphatic carbocycles. The Morgan fingerprint density at radius 1 is 1.26 bits per heavy atom. The van der Waals surface area contributed by atoms with Gasteiger partial charge in [0, 0.05) is 30.1 Å². The molecule has 7 heteroatoms. The number of H-pyrrole nitrogens is 1. The number of aldehydes is 1. The number of nitrogens with one attached hydrogen (secondary N) is 1. The molecule has 7 nitrogen and oxygen atoms in total. The van der Waals surface area contributed by atoms with E-state index in [0.29, 0.717) is 17.9 Å². The van der Waals surface area contributed by atoms with Gasteiger partial charge >= 0.3 is 0 Å². The van der Waals surface area contributed by atoms with Crippen LogP contribution in [-0.4, -0.2) is 53.4 Å². The van der Waals surface area contributed by atoms with Gasteiger partial charge in [0.25, 0.3) is 0 Å². The molecule has 3 heterocycles. The maximum Gasteiger partial charge on any atom is 0.243 e. The minimum Gasteiger partial charge on any atom is -0.454 e. The molecule has 0 saturated heterocycles. The first-order chi connectivity index (χ1) is 15.1. The Kier molecular flexibility index (Phi) is 4.66. The fourth-order valence-electron chi connectivity index (χ4n) is 4.52. The van der Waals surface area contributed by atoms with Crippen molar-refractivity contribution in [3.8, 4) is 11.5 Å². The molecular weight excluding hydrogens is 394 g/mol. The zero-order chi connectivity index (χ0) is 21.5. The first kappa shape index (κ1) is 19.2. The van der Waals surface area contributed by atoms with Crippen LogP contribution in [0.25, 0.3) is 10.9 Å². The molecule has 0 saturated carbocycles. The molecule has 2 aliphatic rings. The van der Waals surface area contributed by atoms with E-state index >= 15 is 0 Å². The predicted octanol–water partition coefficient (Wildman–Crippen LogP) is 3.01. The number of carbonyl (C=O) groups excluding carboxylic acids is 2. The molecule has 0 fully saturated rings. The molecule has 0 unspecified atom stereocenters. The van der Waals surface area contributed by atoms with Crippen molar-refractivity contribution in [2.24, 2.45) is 0 Å². The molecule has 158 valence electrons. The van der Waals surface area contributed by atoms with Crippen LogP contribution < -0.4 is 9.47 Å². The van der Waals surface area contributed by atoms with E-state index < -0.39 is 12.1 Å². The summed E-state index contributed by atoms with van der Waals surface area (Å²) < 4.78 is 11.0. The van der Waals surface area contributed by atoms with Crippen LogP contribution in [0.4, 0.5) is 0 Å². The summed E-state index contributed by atoms with van der Waals surface area (Å²) in [5.74, 6) is 1.16. The van der Waals surface area contributed by atoms with Crippen molar-refractivity contribution in [1.29, 1.82) is 0 Å². The number of nitrogens with zero attached hydrogens (tertiary/aromatic N) is 2. The molecule has 2 aliphatic heterocycles. The van der Waals surface area contributed by atoms with E-state index in [1.54, 1.807) is 23.0 Å². The summed E-state index contributed by atoms with van der Waals surface area (Å²) in [6.45, 7) is 4.03. The Bertz CT molecular complexity index is 1180. The minimum atomic E-state index is -0.576. The number of hydrogen-bond donors (Lipinski definition) is 1. The second-order valence-corrected chi connectivity index (χ2v) is 7.88. The lowest BCUT2D eigenvalue weighted by Gasteiger charge is -2.40. The van der Waals surface area contributed by atoms with Crippen LogP contribution >= 0.6 is 0 Å². The summed E-state index contributed by atoms with van der Waals surface area (Å²) in [5, 5.41) is 1.07. The third-order valence-corrected chi connectivity index (χ3v) is 6.02. The van der Waals surface area contributed by atoms with Gasteiger partial charge in [0.2, 0.25) is 12.7 Å². The van der Waals surface area contributed by atoms with Crippen molar-refractivity contribution in [3.05, 3.63) is 72.1 Å². The fraction of sp³-hybridized carbons (Fsp3) is 0.250. The summed E-state index contributed by atoms with van der Waals surface area (Å²) in [6.07, 6.45) is 2.94. The number of aromatic amines is 1. The Labute approximate surface area is 179 Å². The average Bonchev–Trinajstić information content (AvgIpc) is 3.41. The molecule has 31 heavy (non-hydrogen) atoms. The van der Waals surface area contributed by atoms with Crippen molar-refractivity contribution in [1.82, 2.24) is 14.8 Å². The van der Waals surface area contributed by atoms with Gasteiger partial charge in [0.1, 0.15) is 6.29 Å². The number of rotatable bonds is 5. The SMILES string of the molecule is C=CN(C)CC(=O)N1[C@H](c2ccc3c(c2)OCO3)c2[nH]c3ccccc3c2C[C@@H]1C=O. The van der Waals surface area contributed by atoms with Crippen LogP contribution in [0.15, 0.2) is 55.2 Å². The highest BCUT2D eigenvalue weighted by Gasteiger charge is 2.40. The summed E-state index contributed by atoms with van der Waals surface area (Å²) >= 11 is 0. The molecule has 2 atom stereocenters. The van der Waals surface area contributed by atoms with Crippen LogP contribution in [0.3, 0.4) is 0 Å². The van der Waals surface area contributed by atoms with E-state index in [1.165, 1.54) is 0 Å². The Morgan fingerprint density at radius 2 is 2.06 bits per heavy atom. The predicted molar refractivity (Wildman–Crippen MR) is 116 cm³/mol.